The molecule has 1 saturated heterocycles. The van der Waals surface area contributed by atoms with Gasteiger partial charge in [-0.25, -0.2) is 15.4 Å². The van der Waals surface area contributed by atoms with Crippen LogP contribution < -0.4 is 16.1 Å². The molecule has 0 saturated carbocycles. The molecule has 0 bridgehead atoms. The fourth-order valence-electron chi connectivity index (χ4n) is 4.69. The Balaban J connectivity index is 1.37. The molecule has 0 spiro atoms. The van der Waals surface area contributed by atoms with Gasteiger partial charge in [0.15, 0.2) is 0 Å². The molecule has 8 nitrogen and oxygen atoms in total. The van der Waals surface area contributed by atoms with Crippen molar-refractivity contribution in [3.05, 3.63) is 98.0 Å². The van der Waals surface area contributed by atoms with Gasteiger partial charge in [0.25, 0.3) is 11.8 Å². The van der Waals surface area contributed by atoms with Gasteiger partial charge in [-0.1, -0.05) is 59.6 Å². The SMILES string of the molecule is CCN1CC(NCc2ccc(C(=O)Nc3ccc(Br)cc3C(=O)N/N=C\c3ccc(Cl)c(C(F)(F)F)c3)cc2)CN1CC. The highest BCUT2D eigenvalue weighted by Crippen LogP contribution is 2.34. The van der Waals surface area contributed by atoms with E-state index < -0.39 is 28.6 Å². The van der Waals surface area contributed by atoms with Crippen LogP contribution in [0.2, 0.25) is 5.02 Å². The van der Waals surface area contributed by atoms with Crippen LogP contribution >= 0.6 is 27.5 Å². The van der Waals surface area contributed by atoms with E-state index in [2.05, 4.69) is 61.0 Å². The number of amides is 2. The van der Waals surface area contributed by atoms with Gasteiger partial charge in [0.1, 0.15) is 0 Å². The number of benzene rings is 3. The lowest BCUT2D eigenvalue weighted by atomic mass is 10.1. The smallest absolute Gasteiger partial charge is 0.321 e. The summed E-state index contributed by atoms with van der Waals surface area (Å²) in [6.07, 6.45) is -3.56. The minimum atomic E-state index is -4.63. The van der Waals surface area contributed by atoms with Crippen molar-refractivity contribution in [1.82, 2.24) is 20.8 Å². The van der Waals surface area contributed by atoms with E-state index in [1.807, 2.05) is 12.1 Å². The molecule has 1 aliphatic heterocycles. The summed E-state index contributed by atoms with van der Waals surface area (Å²) in [6.45, 7) is 8.83. The van der Waals surface area contributed by atoms with E-state index >= 15 is 0 Å². The first kappa shape index (κ1) is 32.6. The van der Waals surface area contributed by atoms with Crippen LogP contribution in [0.5, 0.6) is 0 Å². The summed E-state index contributed by atoms with van der Waals surface area (Å²) < 4.78 is 40.0. The van der Waals surface area contributed by atoms with Crippen molar-refractivity contribution >= 4 is 51.2 Å². The molecule has 4 rings (SSSR count). The second kappa shape index (κ2) is 14.5. The number of likely N-dealkylation sites (N-methyl/N-ethyl adjacent to an activating group) is 2. The Morgan fingerprint density at radius 3 is 2.30 bits per heavy atom. The van der Waals surface area contributed by atoms with Gasteiger partial charge in [0, 0.05) is 48.8 Å². The van der Waals surface area contributed by atoms with Crippen LogP contribution in [0.15, 0.2) is 70.2 Å². The van der Waals surface area contributed by atoms with Gasteiger partial charge in [0.2, 0.25) is 0 Å². The maximum Gasteiger partial charge on any atom is 0.417 e. The van der Waals surface area contributed by atoms with E-state index in [1.165, 1.54) is 12.1 Å². The maximum absolute atomic E-state index is 13.1. The molecule has 0 atom stereocenters. The highest BCUT2D eigenvalue weighted by Gasteiger charge is 2.33. The second-order valence-electron chi connectivity index (χ2n) is 9.87. The fraction of sp³-hybridized carbons (Fsp3) is 0.300. The topological polar surface area (TPSA) is 89.1 Å². The maximum atomic E-state index is 13.1. The monoisotopic (exact) mass is 678 g/mol. The Morgan fingerprint density at radius 2 is 1.67 bits per heavy atom. The number of carbonyl (C=O) groups excluding carboxylic acids is 2. The van der Waals surface area contributed by atoms with Crippen molar-refractivity contribution in [3.8, 4) is 0 Å². The predicted molar refractivity (Wildman–Crippen MR) is 165 cm³/mol. The van der Waals surface area contributed by atoms with Gasteiger partial charge in [-0.15, -0.1) is 0 Å². The summed E-state index contributed by atoms with van der Waals surface area (Å²) in [6, 6.07) is 15.6. The number of halogens is 5. The van der Waals surface area contributed by atoms with Crippen LogP contribution in [0, 0.1) is 0 Å². The normalized spacial score (nSPS) is 14.9. The molecule has 2 amide bonds. The summed E-state index contributed by atoms with van der Waals surface area (Å²) >= 11 is 8.96. The molecule has 0 unspecified atom stereocenters. The van der Waals surface area contributed by atoms with Crippen LogP contribution in [0.4, 0.5) is 18.9 Å². The molecule has 43 heavy (non-hydrogen) atoms. The zero-order chi connectivity index (χ0) is 31.1. The van der Waals surface area contributed by atoms with E-state index in [0.717, 1.165) is 50.1 Å². The van der Waals surface area contributed by atoms with Crippen molar-refractivity contribution in [3.63, 3.8) is 0 Å². The number of anilines is 1. The van der Waals surface area contributed by atoms with Gasteiger partial charge in [-0.3, -0.25) is 9.59 Å². The van der Waals surface area contributed by atoms with Crippen LogP contribution in [-0.4, -0.2) is 60.3 Å². The molecule has 1 heterocycles. The zero-order valence-electron chi connectivity index (χ0n) is 23.5. The van der Waals surface area contributed by atoms with Crippen LogP contribution in [-0.2, 0) is 12.7 Å². The van der Waals surface area contributed by atoms with Crippen molar-refractivity contribution in [1.29, 1.82) is 0 Å². The fourth-order valence-corrected chi connectivity index (χ4v) is 5.28. The third-order valence-corrected chi connectivity index (χ3v) is 7.78. The molecule has 1 fully saturated rings. The second-order valence-corrected chi connectivity index (χ2v) is 11.2. The van der Waals surface area contributed by atoms with Gasteiger partial charge in [-0.05, 0) is 53.6 Å². The molecule has 0 aliphatic carbocycles. The van der Waals surface area contributed by atoms with Crippen molar-refractivity contribution in [2.75, 3.05) is 31.5 Å². The van der Waals surface area contributed by atoms with Gasteiger partial charge in [0.05, 0.1) is 28.1 Å². The molecule has 3 N–H and O–H groups in total. The molecule has 1 aliphatic rings. The summed E-state index contributed by atoms with van der Waals surface area (Å²) in [4.78, 5) is 25.9. The molecule has 3 aromatic carbocycles. The molecular weight excluding hydrogens is 649 g/mol. The zero-order valence-corrected chi connectivity index (χ0v) is 25.9. The number of carbonyl (C=O) groups is 2. The number of hydrogen-bond donors (Lipinski definition) is 3. The van der Waals surface area contributed by atoms with Crippen molar-refractivity contribution in [2.45, 2.75) is 32.6 Å². The largest absolute Gasteiger partial charge is 0.417 e. The van der Waals surface area contributed by atoms with Crippen LogP contribution in [0.25, 0.3) is 0 Å². The Bertz CT molecular complexity index is 1470. The lowest BCUT2D eigenvalue weighted by Gasteiger charge is -2.24. The van der Waals surface area contributed by atoms with Gasteiger partial charge >= 0.3 is 6.18 Å². The first-order valence-corrected chi connectivity index (χ1v) is 14.8. The first-order chi connectivity index (χ1) is 20.5. The Hall–Kier alpha value is -3.29. The summed E-state index contributed by atoms with van der Waals surface area (Å²) in [7, 11) is 0. The van der Waals surface area contributed by atoms with Gasteiger partial charge in [-0.2, -0.15) is 18.3 Å². The average molecular weight is 680 g/mol. The Kier molecular flexibility index (Phi) is 11.0. The lowest BCUT2D eigenvalue weighted by molar-refractivity contribution is -0.137. The summed E-state index contributed by atoms with van der Waals surface area (Å²) in [5, 5.41) is 14.3. The molecule has 0 radical (unpaired) electrons. The van der Waals surface area contributed by atoms with E-state index in [1.54, 1.807) is 24.3 Å². The van der Waals surface area contributed by atoms with Crippen LogP contribution in [0.1, 0.15) is 51.3 Å². The predicted octanol–water partition coefficient (Wildman–Crippen LogP) is 6.17. The quantitative estimate of drug-likeness (QED) is 0.176. The van der Waals surface area contributed by atoms with Gasteiger partial charge < -0.3 is 10.6 Å². The lowest BCUT2D eigenvalue weighted by Crippen LogP contribution is -2.35. The van der Waals surface area contributed by atoms with E-state index in [4.69, 9.17) is 11.6 Å². The Morgan fingerprint density at radius 1 is 1.00 bits per heavy atom. The number of hydrazine groups is 1. The average Bonchev–Trinajstić information content (AvgIpc) is 3.40. The van der Waals surface area contributed by atoms with Crippen molar-refractivity contribution in [2.24, 2.45) is 5.10 Å². The standard InChI is InChI=1S/C30H31BrClF3N6O2/c1-3-40-17-23(18-41(40)4-2)36-15-19-5-8-21(9-6-19)28(42)38-27-12-10-22(31)14-24(27)29(43)39-37-16-20-7-11-26(32)25(13-20)30(33,34)35/h5-14,16,23,36H,3-4,15,17-18H2,1-2H3,(H,38,42)(H,39,43)/b37-16-. The van der Waals surface area contributed by atoms with Crippen molar-refractivity contribution < 1.29 is 22.8 Å². The number of nitrogens with one attached hydrogen (secondary N) is 3. The Labute approximate surface area is 261 Å². The summed E-state index contributed by atoms with van der Waals surface area (Å²) in [5.41, 5.74) is 3.16. The minimum Gasteiger partial charge on any atom is -0.321 e. The van der Waals surface area contributed by atoms with Crippen LogP contribution in [0.3, 0.4) is 0 Å². The van der Waals surface area contributed by atoms with E-state index in [-0.39, 0.29) is 16.8 Å². The minimum absolute atomic E-state index is 0.0903. The number of alkyl halides is 3. The third kappa shape index (κ3) is 8.64. The number of hydrazone groups is 1. The number of nitrogens with zero attached hydrogens (tertiary/aromatic N) is 3. The summed E-state index contributed by atoms with van der Waals surface area (Å²) in [5.74, 6) is -1.08. The number of hydrogen-bond acceptors (Lipinski definition) is 6. The first-order valence-electron chi connectivity index (χ1n) is 13.6. The highest BCUT2D eigenvalue weighted by atomic mass is 79.9. The molecule has 228 valence electrons. The third-order valence-electron chi connectivity index (χ3n) is 6.95. The highest BCUT2D eigenvalue weighted by molar-refractivity contribution is 9.10. The molecular formula is C30H31BrClF3N6O2. The van der Waals surface area contributed by atoms with E-state index in [9.17, 15) is 22.8 Å². The molecule has 0 aromatic heterocycles. The molecule has 13 heteroatoms. The van der Waals surface area contributed by atoms with E-state index in [0.29, 0.717) is 22.6 Å². The molecule has 3 aromatic rings. The number of rotatable bonds is 10.